The number of halogens is 3. The summed E-state index contributed by atoms with van der Waals surface area (Å²) in [5, 5.41) is 9.49. The molecule has 1 aliphatic carbocycles. The molecule has 0 spiro atoms. The highest BCUT2D eigenvalue weighted by Crippen LogP contribution is 2.44. The Morgan fingerprint density at radius 1 is 1.40 bits per heavy atom. The lowest BCUT2D eigenvalue weighted by Gasteiger charge is -2.37. The fraction of sp³-hybridized carbons (Fsp3) is 0.611. The van der Waals surface area contributed by atoms with Gasteiger partial charge in [0.25, 0.3) is 5.92 Å². The van der Waals surface area contributed by atoms with E-state index in [9.17, 15) is 23.2 Å². The lowest BCUT2D eigenvalue weighted by molar-refractivity contribution is -0.0999. The Labute approximate surface area is 145 Å². The predicted octanol–water partition coefficient (Wildman–Crippen LogP) is 5.68. The number of rotatable bonds is 7. The van der Waals surface area contributed by atoms with Gasteiger partial charge in [0.1, 0.15) is 0 Å². The Bertz CT molecular complexity index is 582. The van der Waals surface area contributed by atoms with Crippen LogP contribution in [0.1, 0.15) is 45.4 Å². The van der Waals surface area contributed by atoms with Crippen molar-refractivity contribution < 1.29 is 28.1 Å². The van der Waals surface area contributed by atoms with Gasteiger partial charge in [-0.3, -0.25) is 9.84 Å². The standard InChI is InChI=1S/C18H24F3NO3/c1-2-3-6-14-11-13(9-10-18(14,19)20)12-22(17(23)24)15-7-4-5-8-16(15)25-21/h4-5,7-8,13-14H,2-3,6,9-12H2,1H3,(H,23,24). The summed E-state index contributed by atoms with van der Waals surface area (Å²) in [6, 6.07) is 5.87. The van der Waals surface area contributed by atoms with E-state index >= 15 is 0 Å². The van der Waals surface area contributed by atoms with Gasteiger partial charge in [-0.1, -0.05) is 31.9 Å². The third-order valence-electron chi connectivity index (χ3n) is 4.92. The number of alkyl halides is 2. The average Bonchev–Trinajstić information content (AvgIpc) is 2.59. The molecule has 140 valence electrons. The second-order valence-electron chi connectivity index (χ2n) is 6.68. The maximum atomic E-state index is 14.1. The normalized spacial score (nSPS) is 22.4. The average molecular weight is 359 g/mol. The number of nitrogens with zero attached hydrogens (tertiary/aromatic N) is 1. The van der Waals surface area contributed by atoms with E-state index in [-0.39, 0.29) is 43.2 Å². The lowest BCUT2D eigenvalue weighted by Crippen LogP contribution is -2.41. The number of carbonyl (C=O) groups is 1. The van der Waals surface area contributed by atoms with Gasteiger partial charge in [0.15, 0.2) is 5.75 Å². The number of hydrogen-bond acceptors (Lipinski definition) is 2. The first-order chi connectivity index (χ1) is 11.9. The molecule has 0 aromatic heterocycles. The summed E-state index contributed by atoms with van der Waals surface area (Å²) >= 11 is 0. The largest absolute Gasteiger partial charge is 0.465 e. The van der Waals surface area contributed by atoms with E-state index in [4.69, 9.17) is 0 Å². The summed E-state index contributed by atoms with van der Waals surface area (Å²) in [5.41, 5.74) is 0.0833. The van der Waals surface area contributed by atoms with Crippen LogP contribution in [0.4, 0.5) is 23.8 Å². The number of anilines is 1. The molecule has 4 nitrogen and oxygen atoms in total. The van der Waals surface area contributed by atoms with E-state index < -0.39 is 17.9 Å². The summed E-state index contributed by atoms with van der Waals surface area (Å²) in [5.74, 6) is -3.81. The van der Waals surface area contributed by atoms with Crippen LogP contribution in [-0.4, -0.2) is 23.7 Å². The number of carboxylic acid groups (broad SMARTS) is 1. The highest BCUT2D eigenvalue weighted by molar-refractivity contribution is 5.88. The second-order valence-corrected chi connectivity index (χ2v) is 6.68. The first kappa shape index (κ1) is 19.4. The summed E-state index contributed by atoms with van der Waals surface area (Å²) < 4.78 is 40.9. The van der Waals surface area contributed by atoms with Crippen molar-refractivity contribution in [3.8, 4) is 5.75 Å². The second kappa shape index (κ2) is 8.45. The van der Waals surface area contributed by atoms with Crippen LogP contribution in [-0.2, 0) is 0 Å². The zero-order chi connectivity index (χ0) is 18.4. The van der Waals surface area contributed by atoms with Crippen LogP contribution in [0.3, 0.4) is 0 Å². The van der Waals surface area contributed by atoms with Crippen LogP contribution in [0.5, 0.6) is 5.75 Å². The number of unbranched alkanes of at least 4 members (excludes halogenated alkanes) is 1. The third kappa shape index (κ3) is 4.80. The van der Waals surface area contributed by atoms with Crippen molar-refractivity contribution in [1.29, 1.82) is 0 Å². The zero-order valence-electron chi connectivity index (χ0n) is 14.3. The monoisotopic (exact) mass is 359 g/mol. The van der Waals surface area contributed by atoms with Crippen molar-refractivity contribution >= 4 is 11.8 Å². The molecule has 0 bridgehead atoms. The summed E-state index contributed by atoms with van der Waals surface area (Å²) in [6.07, 6.45) is 1.05. The van der Waals surface area contributed by atoms with E-state index in [1.165, 1.54) is 18.2 Å². The molecule has 1 aromatic carbocycles. The van der Waals surface area contributed by atoms with Crippen LogP contribution in [0.2, 0.25) is 0 Å². The van der Waals surface area contributed by atoms with Gasteiger partial charge in [-0.2, -0.15) is 0 Å². The Hall–Kier alpha value is -1.92. The molecule has 0 heterocycles. The first-order valence-corrected chi connectivity index (χ1v) is 8.65. The molecule has 0 radical (unpaired) electrons. The summed E-state index contributed by atoms with van der Waals surface area (Å²) in [6.45, 7) is 2.01. The van der Waals surface area contributed by atoms with E-state index in [0.29, 0.717) is 6.42 Å². The van der Waals surface area contributed by atoms with Crippen LogP contribution in [0, 0.1) is 11.8 Å². The van der Waals surface area contributed by atoms with E-state index in [2.05, 4.69) is 4.94 Å². The minimum atomic E-state index is -2.69. The van der Waals surface area contributed by atoms with Crippen molar-refractivity contribution in [2.75, 3.05) is 11.4 Å². The van der Waals surface area contributed by atoms with E-state index in [1.807, 2.05) is 6.92 Å². The molecule has 2 atom stereocenters. The first-order valence-electron chi connectivity index (χ1n) is 8.65. The highest BCUT2D eigenvalue weighted by Gasteiger charge is 2.44. The van der Waals surface area contributed by atoms with Gasteiger partial charge in [0.05, 0.1) is 5.69 Å². The number of benzene rings is 1. The molecule has 1 saturated carbocycles. The van der Waals surface area contributed by atoms with Crippen molar-refractivity contribution in [1.82, 2.24) is 0 Å². The Kier molecular flexibility index (Phi) is 6.56. The third-order valence-corrected chi connectivity index (χ3v) is 4.92. The minimum Gasteiger partial charge on any atom is -0.465 e. The Morgan fingerprint density at radius 2 is 2.12 bits per heavy atom. The smallest absolute Gasteiger partial charge is 0.411 e. The van der Waals surface area contributed by atoms with Gasteiger partial charge in [-0.15, -0.1) is 0 Å². The van der Waals surface area contributed by atoms with Gasteiger partial charge >= 0.3 is 6.09 Å². The fourth-order valence-corrected chi connectivity index (χ4v) is 3.52. The van der Waals surface area contributed by atoms with Crippen molar-refractivity contribution in [2.45, 2.75) is 51.4 Å². The highest BCUT2D eigenvalue weighted by atomic mass is 19.3. The number of para-hydroxylation sites is 2. The molecule has 7 heteroatoms. The van der Waals surface area contributed by atoms with Gasteiger partial charge in [-0.05, 0) is 37.3 Å². The molecule has 1 fully saturated rings. The topological polar surface area (TPSA) is 49.8 Å². The van der Waals surface area contributed by atoms with Crippen molar-refractivity contribution in [3.63, 3.8) is 0 Å². The predicted molar refractivity (Wildman–Crippen MR) is 88.9 cm³/mol. The SMILES string of the molecule is CCCCC1CC(CN(C(=O)O)c2ccccc2OF)CCC1(F)F. The van der Waals surface area contributed by atoms with Crippen LogP contribution in [0.15, 0.2) is 24.3 Å². The zero-order valence-corrected chi connectivity index (χ0v) is 14.3. The molecular formula is C18H24F3NO3. The molecule has 1 N–H and O–H groups in total. The van der Waals surface area contributed by atoms with Crippen molar-refractivity contribution in [3.05, 3.63) is 24.3 Å². The maximum absolute atomic E-state index is 14.1. The quantitative estimate of drug-likeness (QED) is 0.682. The van der Waals surface area contributed by atoms with Crippen molar-refractivity contribution in [2.24, 2.45) is 11.8 Å². The van der Waals surface area contributed by atoms with Crippen LogP contribution < -0.4 is 9.84 Å². The molecule has 0 saturated heterocycles. The van der Waals surface area contributed by atoms with Gasteiger partial charge < -0.3 is 5.11 Å². The molecular weight excluding hydrogens is 335 g/mol. The Balaban J connectivity index is 2.13. The maximum Gasteiger partial charge on any atom is 0.411 e. The van der Waals surface area contributed by atoms with Gasteiger partial charge in [0, 0.05) is 23.4 Å². The minimum absolute atomic E-state index is 0.0500. The Morgan fingerprint density at radius 3 is 2.76 bits per heavy atom. The lowest BCUT2D eigenvalue weighted by atomic mass is 9.76. The molecule has 0 aliphatic heterocycles. The number of amides is 1. The molecule has 2 rings (SSSR count). The van der Waals surface area contributed by atoms with E-state index in [0.717, 1.165) is 17.7 Å². The molecule has 1 aromatic rings. The van der Waals surface area contributed by atoms with Gasteiger partial charge in [0.2, 0.25) is 0 Å². The summed E-state index contributed by atoms with van der Waals surface area (Å²) in [7, 11) is 0. The van der Waals surface area contributed by atoms with Crippen LogP contribution in [0.25, 0.3) is 0 Å². The molecule has 2 unspecified atom stereocenters. The molecule has 1 amide bonds. The molecule has 1 aliphatic rings. The van der Waals surface area contributed by atoms with Crippen LogP contribution >= 0.6 is 0 Å². The summed E-state index contributed by atoms with van der Waals surface area (Å²) in [4.78, 5) is 16.4. The number of hydrogen-bond donors (Lipinski definition) is 1. The fourth-order valence-electron chi connectivity index (χ4n) is 3.52. The molecule has 25 heavy (non-hydrogen) atoms. The van der Waals surface area contributed by atoms with Gasteiger partial charge in [-0.25, -0.2) is 13.6 Å². The van der Waals surface area contributed by atoms with E-state index in [1.54, 1.807) is 6.07 Å².